The van der Waals surface area contributed by atoms with Crippen molar-refractivity contribution in [2.24, 2.45) is 5.10 Å². The van der Waals surface area contributed by atoms with Crippen LogP contribution in [-0.4, -0.2) is 22.2 Å². The smallest absolute Gasteiger partial charge is 0.387 e. The number of hydrogen-bond donors (Lipinski definition) is 1. The lowest BCUT2D eigenvalue weighted by Crippen LogP contribution is -2.04. The van der Waals surface area contributed by atoms with Crippen molar-refractivity contribution in [3.05, 3.63) is 68.3 Å². The molecule has 0 heterocycles. The van der Waals surface area contributed by atoms with Crippen molar-refractivity contribution in [1.29, 1.82) is 0 Å². The van der Waals surface area contributed by atoms with Crippen LogP contribution in [0.15, 0.2) is 47.6 Å². The molecule has 26 heavy (non-hydrogen) atoms. The molecule has 11 heteroatoms. The third-order valence-electron chi connectivity index (χ3n) is 3.23. The van der Waals surface area contributed by atoms with Gasteiger partial charge in [-0.3, -0.25) is 25.7 Å². The molecule has 0 unspecified atom stereocenters. The predicted molar refractivity (Wildman–Crippen MR) is 88.7 cm³/mol. The Labute approximate surface area is 145 Å². The highest BCUT2D eigenvalue weighted by atomic mass is 19.3. The van der Waals surface area contributed by atoms with Gasteiger partial charge in [0.25, 0.3) is 5.69 Å². The first-order valence-electron chi connectivity index (χ1n) is 7.06. The fourth-order valence-corrected chi connectivity index (χ4v) is 1.97. The molecule has 2 aromatic rings. The summed E-state index contributed by atoms with van der Waals surface area (Å²) in [5, 5.41) is 25.7. The largest absolute Gasteiger partial charge is 0.435 e. The number of hydrogen-bond acceptors (Lipinski definition) is 7. The first kappa shape index (κ1) is 18.7. The van der Waals surface area contributed by atoms with Gasteiger partial charge in [-0.15, -0.1) is 0 Å². The summed E-state index contributed by atoms with van der Waals surface area (Å²) >= 11 is 0. The van der Waals surface area contributed by atoms with Crippen LogP contribution in [0.3, 0.4) is 0 Å². The Balaban J connectivity index is 2.20. The van der Waals surface area contributed by atoms with E-state index in [1.54, 1.807) is 6.92 Å². The number of halogens is 2. The fraction of sp³-hybridized carbons (Fsp3) is 0.133. The molecule has 0 spiro atoms. The SMILES string of the molecule is C/C(=N\Nc1ccc([N+](=O)[O-])cc1[N+](=O)[O-])c1ccc(OC(F)F)cc1. The number of non-ortho nitro benzene ring substituents is 1. The molecule has 2 aromatic carbocycles. The van der Waals surface area contributed by atoms with E-state index in [0.29, 0.717) is 11.3 Å². The summed E-state index contributed by atoms with van der Waals surface area (Å²) in [4.78, 5) is 20.3. The summed E-state index contributed by atoms with van der Waals surface area (Å²) in [6.07, 6.45) is 0. The monoisotopic (exact) mass is 366 g/mol. The van der Waals surface area contributed by atoms with Gasteiger partial charge in [-0.1, -0.05) is 0 Å². The van der Waals surface area contributed by atoms with Crippen LogP contribution in [0.4, 0.5) is 25.8 Å². The Morgan fingerprint density at radius 2 is 1.77 bits per heavy atom. The number of alkyl halides is 2. The van der Waals surface area contributed by atoms with E-state index in [2.05, 4.69) is 15.3 Å². The van der Waals surface area contributed by atoms with Crippen molar-refractivity contribution in [3.8, 4) is 5.75 Å². The number of hydrazone groups is 1. The first-order valence-corrected chi connectivity index (χ1v) is 7.06. The minimum Gasteiger partial charge on any atom is -0.435 e. The van der Waals surface area contributed by atoms with Crippen molar-refractivity contribution in [3.63, 3.8) is 0 Å². The molecule has 0 amide bonds. The molecule has 0 aliphatic rings. The zero-order valence-electron chi connectivity index (χ0n) is 13.3. The molecular weight excluding hydrogens is 354 g/mol. The molecule has 2 rings (SSSR count). The normalized spacial score (nSPS) is 11.3. The maximum Gasteiger partial charge on any atom is 0.387 e. The molecule has 0 atom stereocenters. The first-order chi connectivity index (χ1) is 12.3. The lowest BCUT2D eigenvalue weighted by molar-refractivity contribution is -0.393. The minimum atomic E-state index is -2.93. The number of nitro benzene ring substituents is 2. The predicted octanol–water partition coefficient (Wildman–Crippen LogP) is 3.94. The second-order valence-corrected chi connectivity index (χ2v) is 4.93. The number of rotatable bonds is 7. The number of benzene rings is 2. The van der Waals surface area contributed by atoms with E-state index < -0.39 is 27.8 Å². The Kier molecular flexibility index (Phi) is 5.73. The molecular formula is C15H12F2N4O5. The summed E-state index contributed by atoms with van der Waals surface area (Å²) < 4.78 is 28.5. The lowest BCUT2D eigenvalue weighted by Gasteiger charge is -2.07. The second kappa shape index (κ2) is 7.96. The zero-order valence-corrected chi connectivity index (χ0v) is 13.3. The molecule has 0 bridgehead atoms. The molecule has 136 valence electrons. The van der Waals surface area contributed by atoms with E-state index in [9.17, 15) is 29.0 Å². The van der Waals surface area contributed by atoms with E-state index in [-0.39, 0.29) is 11.4 Å². The van der Waals surface area contributed by atoms with Crippen molar-refractivity contribution in [2.75, 3.05) is 5.43 Å². The Morgan fingerprint density at radius 1 is 1.12 bits per heavy atom. The average molecular weight is 366 g/mol. The van der Waals surface area contributed by atoms with Crippen LogP contribution in [0.2, 0.25) is 0 Å². The van der Waals surface area contributed by atoms with E-state index >= 15 is 0 Å². The number of ether oxygens (including phenoxy) is 1. The molecule has 0 fully saturated rings. The van der Waals surface area contributed by atoms with E-state index in [4.69, 9.17) is 0 Å². The van der Waals surface area contributed by atoms with Crippen LogP contribution < -0.4 is 10.2 Å². The highest BCUT2D eigenvalue weighted by molar-refractivity contribution is 5.99. The van der Waals surface area contributed by atoms with E-state index in [1.165, 1.54) is 30.3 Å². The standard InChI is InChI=1S/C15H12F2N4O5/c1-9(10-2-5-12(6-3-10)26-15(16)17)18-19-13-7-4-11(20(22)23)8-14(13)21(24)25/h2-8,15,19H,1H3/b18-9+. The average Bonchev–Trinajstić information content (AvgIpc) is 2.59. The van der Waals surface area contributed by atoms with Gasteiger partial charge in [0, 0.05) is 6.07 Å². The molecule has 0 saturated heterocycles. The highest BCUT2D eigenvalue weighted by Gasteiger charge is 2.19. The van der Waals surface area contributed by atoms with Crippen LogP contribution in [0.1, 0.15) is 12.5 Å². The third-order valence-corrected chi connectivity index (χ3v) is 3.23. The summed E-state index contributed by atoms with van der Waals surface area (Å²) in [5.74, 6) is -0.0180. The lowest BCUT2D eigenvalue weighted by atomic mass is 10.1. The van der Waals surface area contributed by atoms with Gasteiger partial charge in [0.2, 0.25) is 0 Å². The van der Waals surface area contributed by atoms with Crippen molar-refractivity contribution in [1.82, 2.24) is 0 Å². The van der Waals surface area contributed by atoms with Gasteiger partial charge in [-0.25, -0.2) is 0 Å². The number of anilines is 1. The fourth-order valence-electron chi connectivity index (χ4n) is 1.97. The van der Waals surface area contributed by atoms with E-state index in [1.807, 2.05) is 0 Å². The Hall–Kier alpha value is -3.63. The van der Waals surface area contributed by atoms with Crippen LogP contribution in [0.25, 0.3) is 0 Å². The van der Waals surface area contributed by atoms with Gasteiger partial charge < -0.3 is 4.74 Å². The summed E-state index contributed by atoms with van der Waals surface area (Å²) in [6, 6.07) is 8.74. The van der Waals surface area contributed by atoms with E-state index in [0.717, 1.165) is 12.1 Å². The van der Waals surface area contributed by atoms with Gasteiger partial charge in [0.1, 0.15) is 11.4 Å². The molecule has 0 aliphatic carbocycles. The molecule has 0 aromatic heterocycles. The third kappa shape index (κ3) is 4.69. The number of nitro groups is 2. The quantitative estimate of drug-likeness (QED) is 0.450. The van der Waals surface area contributed by atoms with Crippen molar-refractivity contribution in [2.45, 2.75) is 13.5 Å². The van der Waals surface area contributed by atoms with Gasteiger partial charge in [-0.05, 0) is 42.8 Å². The Morgan fingerprint density at radius 3 is 2.31 bits per heavy atom. The maximum absolute atomic E-state index is 12.1. The summed E-state index contributed by atoms with van der Waals surface area (Å²) in [6.45, 7) is -1.34. The van der Waals surface area contributed by atoms with Crippen LogP contribution >= 0.6 is 0 Å². The molecule has 0 saturated carbocycles. The molecule has 9 nitrogen and oxygen atoms in total. The highest BCUT2D eigenvalue weighted by Crippen LogP contribution is 2.29. The van der Waals surface area contributed by atoms with Gasteiger partial charge in [0.05, 0.1) is 21.6 Å². The van der Waals surface area contributed by atoms with Crippen LogP contribution in [0.5, 0.6) is 5.75 Å². The van der Waals surface area contributed by atoms with Gasteiger partial charge in [0.15, 0.2) is 0 Å². The number of nitrogens with one attached hydrogen (secondary N) is 1. The number of nitrogens with zero attached hydrogens (tertiary/aromatic N) is 3. The van der Waals surface area contributed by atoms with Gasteiger partial charge >= 0.3 is 12.3 Å². The zero-order chi connectivity index (χ0) is 19.3. The minimum absolute atomic E-state index is 0.0180. The molecule has 0 radical (unpaired) electrons. The van der Waals surface area contributed by atoms with Crippen LogP contribution in [0, 0.1) is 20.2 Å². The summed E-state index contributed by atoms with van der Waals surface area (Å²) in [5.41, 5.74) is 2.49. The van der Waals surface area contributed by atoms with Crippen molar-refractivity contribution < 1.29 is 23.4 Å². The topological polar surface area (TPSA) is 120 Å². The second-order valence-electron chi connectivity index (χ2n) is 4.93. The molecule has 1 N–H and O–H groups in total. The van der Waals surface area contributed by atoms with Crippen LogP contribution in [-0.2, 0) is 0 Å². The maximum atomic E-state index is 12.1. The Bertz CT molecular complexity index is 856. The van der Waals surface area contributed by atoms with Crippen molar-refractivity contribution >= 4 is 22.8 Å². The molecule has 0 aliphatic heterocycles. The summed E-state index contributed by atoms with van der Waals surface area (Å²) in [7, 11) is 0. The van der Waals surface area contributed by atoms with Gasteiger partial charge in [-0.2, -0.15) is 13.9 Å².